The van der Waals surface area contributed by atoms with Crippen LogP contribution in [0.3, 0.4) is 0 Å². The summed E-state index contributed by atoms with van der Waals surface area (Å²) in [6.07, 6.45) is 5.66. The van der Waals surface area contributed by atoms with E-state index in [1.54, 1.807) is 0 Å². The summed E-state index contributed by atoms with van der Waals surface area (Å²) in [7, 11) is 0. The van der Waals surface area contributed by atoms with Crippen molar-refractivity contribution in [2.24, 2.45) is 44.3 Å². The molecule has 3 saturated carbocycles. The molecule has 0 radical (unpaired) electrons. The van der Waals surface area contributed by atoms with Crippen molar-refractivity contribution in [3.63, 3.8) is 0 Å². The van der Waals surface area contributed by atoms with Crippen molar-refractivity contribution in [1.82, 2.24) is 0 Å². The van der Waals surface area contributed by atoms with E-state index < -0.39 is 10.8 Å². The normalized spacial score (nSPS) is 46.1. The van der Waals surface area contributed by atoms with Crippen LogP contribution in [0.1, 0.15) is 59.8 Å². The summed E-state index contributed by atoms with van der Waals surface area (Å²) in [5, 5.41) is 25.4. The zero-order valence-corrected chi connectivity index (χ0v) is 16.5. The minimum Gasteiger partial charge on any atom is -0.411 e. The maximum Gasteiger partial charge on any atom is 0.190 e. The van der Waals surface area contributed by atoms with E-state index in [0.29, 0.717) is 30.4 Å². The van der Waals surface area contributed by atoms with Gasteiger partial charge in [-0.3, -0.25) is 9.59 Å². The van der Waals surface area contributed by atoms with E-state index in [1.165, 1.54) is 0 Å². The Balaban J connectivity index is 1.80. The lowest BCUT2D eigenvalue weighted by molar-refractivity contribution is -0.129. The third-order valence-electron chi connectivity index (χ3n) is 8.33. The Kier molecular flexibility index (Phi) is 3.76. The second-order valence-corrected chi connectivity index (χ2v) is 9.86. The molecule has 146 valence electrons. The number of allylic oxidation sites excluding steroid dienone is 2. The molecule has 6 heteroatoms. The van der Waals surface area contributed by atoms with Crippen LogP contribution in [0, 0.1) is 34.0 Å². The molecule has 0 heterocycles. The first kappa shape index (κ1) is 18.4. The Hall–Kier alpha value is -1.98. The molecule has 0 aromatic rings. The van der Waals surface area contributed by atoms with Crippen molar-refractivity contribution in [1.29, 1.82) is 0 Å². The quantitative estimate of drug-likeness (QED) is 0.385. The molecule has 2 N–H and O–H groups in total. The SMILES string of the molecule is CC1(C)C(=O)/C(=N/O)C[C@@]2(C)C1=CC[C@@H]1[C@@H]2CC[C@]2(C)C(=O)/C(=N/O)C[C@@H]12. The Morgan fingerprint density at radius 3 is 2.26 bits per heavy atom. The third-order valence-corrected chi connectivity index (χ3v) is 8.33. The number of carbonyl (C=O) groups excluding carboxylic acids is 2. The summed E-state index contributed by atoms with van der Waals surface area (Å²) in [5.41, 5.74) is 0.318. The van der Waals surface area contributed by atoms with Crippen molar-refractivity contribution in [2.75, 3.05) is 0 Å². The van der Waals surface area contributed by atoms with Crippen LogP contribution < -0.4 is 0 Å². The number of Topliss-reactive ketones (excluding diaryl/α,β-unsaturated/α-hetero) is 2. The smallest absolute Gasteiger partial charge is 0.190 e. The van der Waals surface area contributed by atoms with E-state index >= 15 is 0 Å². The molecular formula is C21H28N2O4. The summed E-state index contributed by atoms with van der Waals surface area (Å²) in [6.45, 7) is 8.06. The van der Waals surface area contributed by atoms with Crippen LogP contribution in [-0.4, -0.2) is 33.4 Å². The molecule has 4 aliphatic carbocycles. The summed E-state index contributed by atoms with van der Waals surface area (Å²) >= 11 is 0. The second kappa shape index (κ2) is 5.52. The van der Waals surface area contributed by atoms with Gasteiger partial charge >= 0.3 is 0 Å². The van der Waals surface area contributed by atoms with Crippen molar-refractivity contribution in [3.05, 3.63) is 11.6 Å². The molecule has 4 rings (SSSR count). The molecule has 5 atom stereocenters. The van der Waals surface area contributed by atoms with Gasteiger partial charge < -0.3 is 10.4 Å². The fourth-order valence-corrected chi connectivity index (χ4v) is 6.98. The van der Waals surface area contributed by atoms with Gasteiger partial charge in [0, 0.05) is 18.3 Å². The monoisotopic (exact) mass is 372 g/mol. The first-order valence-electron chi connectivity index (χ1n) is 9.84. The van der Waals surface area contributed by atoms with E-state index in [9.17, 15) is 20.0 Å². The lowest BCUT2D eigenvalue weighted by Gasteiger charge is -2.58. The molecule has 0 unspecified atom stereocenters. The first-order chi connectivity index (χ1) is 12.6. The van der Waals surface area contributed by atoms with E-state index in [2.05, 4.69) is 23.3 Å². The number of rotatable bonds is 0. The van der Waals surface area contributed by atoms with Gasteiger partial charge in [-0.05, 0) is 56.3 Å². The van der Waals surface area contributed by atoms with Crippen LogP contribution in [0.4, 0.5) is 0 Å². The van der Waals surface area contributed by atoms with Gasteiger partial charge in [-0.2, -0.15) is 0 Å². The molecule has 0 aliphatic heterocycles. The number of fused-ring (bicyclic) bond motifs is 5. The Morgan fingerprint density at radius 1 is 0.963 bits per heavy atom. The van der Waals surface area contributed by atoms with Crippen LogP contribution in [0.2, 0.25) is 0 Å². The van der Waals surface area contributed by atoms with Gasteiger partial charge in [0.25, 0.3) is 0 Å². The van der Waals surface area contributed by atoms with E-state index in [1.807, 2.05) is 20.8 Å². The average Bonchev–Trinajstić information content (AvgIpc) is 2.89. The highest BCUT2D eigenvalue weighted by molar-refractivity contribution is 6.44. The minimum absolute atomic E-state index is 0.00913. The van der Waals surface area contributed by atoms with Gasteiger partial charge in [-0.1, -0.05) is 35.8 Å². The van der Waals surface area contributed by atoms with Crippen molar-refractivity contribution < 1.29 is 20.0 Å². The van der Waals surface area contributed by atoms with Gasteiger partial charge in [0.1, 0.15) is 11.4 Å². The number of nitrogens with zero attached hydrogens (tertiary/aromatic N) is 2. The van der Waals surface area contributed by atoms with Gasteiger partial charge in [-0.15, -0.1) is 0 Å². The van der Waals surface area contributed by atoms with Crippen LogP contribution in [-0.2, 0) is 9.59 Å². The lowest BCUT2D eigenvalue weighted by atomic mass is 9.45. The summed E-state index contributed by atoms with van der Waals surface area (Å²) < 4.78 is 0. The fraction of sp³-hybridized carbons (Fsp3) is 0.714. The van der Waals surface area contributed by atoms with Gasteiger partial charge in [0.2, 0.25) is 0 Å². The van der Waals surface area contributed by atoms with Crippen LogP contribution in [0.25, 0.3) is 0 Å². The predicted octanol–water partition coefficient (Wildman–Crippen LogP) is 3.60. The molecule has 4 aliphatic rings. The van der Waals surface area contributed by atoms with Crippen LogP contribution in [0.5, 0.6) is 0 Å². The predicted molar refractivity (Wildman–Crippen MR) is 100 cm³/mol. The maximum absolute atomic E-state index is 12.8. The number of carbonyl (C=O) groups is 2. The molecule has 3 fully saturated rings. The topological polar surface area (TPSA) is 99.3 Å². The van der Waals surface area contributed by atoms with Gasteiger partial charge in [0.15, 0.2) is 11.6 Å². The Labute approximate surface area is 159 Å². The molecule has 27 heavy (non-hydrogen) atoms. The van der Waals surface area contributed by atoms with E-state index in [4.69, 9.17) is 0 Å². The zero-order chi connectivity index (χ0) is 19.8. The Morgan fingerprint density at radius 2 is 1.63 bits per heavy atom. The molecule has 0 saturated heterocycles. The number of hydrogen-bond donors (Lipinski definition) is 2. The van der Waals surface area contributed by atoms with E-state index in [0.717, 1.165) is 24.8 Å². The minimum atomic E-state index is -0.677. The largest absolute Gasteiger partial charge is 0.411 e. The third kappa shape index (κ3) is 2.13. The highest BCUT2D eigenvalue weighted by Gasteiger charge is 2.63. The number of hydrogen-bond acceptors (Lipinski definition) is 6. The molecule has 0 spiro atoms. The summed E-state index contributed by atoms with van der Waals surface area (Å²) in [6, 6.07) is 0. The van der Waals surface area contributed by atoms with Crippen molar-refractivity contribution in [3.8, 4) is 0 Å². The second-order valence-electron chi connectivity index (χ2n) is 9.86. The lowest BCUT2D eigenvalue weighted by Crippen LogP contribution is -2.56. The average molecular weight is 372 g/mol. The molecule has 0 aromatic heterocycles. The maximum atomic E-state index is 12.8. The summed E-state index contributed by atoms with van der Waals surface area (Å²) in [4.78, 5) is 25.5. The molecular weight excluding hydrogens is 344 g/mol. The fourth-order valence-electron chi connectivity index (χ4n) is 6.98. The highest BCUT2D eigenvalue weighted by atomic mass is 16.4. The Bertz CT molecular complexity index is 824. The molecule has 0 amide bonds. The van der Waals surface area contributed by atoms with E-state index in [-0.39, 0.29) is 28.6 Å². The van der Waals surface area contributed by atoms with Gasteiger partial charge in [0.05, 0.1) is 5.41 Å². The molecule has 0 bridgehead atoms. The van der Waals surface area contributed by atoms with Crippen molar-refractivity contribution >= 4 is 23.0 Å². The highest BCUT2D eigenvalue weighted by Crippen LogP contribution is 2.65. The molecule has 6 nitrogen and oxygen atoms in total. The standard InChI is InChI=1S/C21H28N2O4/c1-19(2)16-6-5-11-12(21(16,4)10-15(23-27)17(19)24)7-8-20(3)13(11)9-14(22-26)18(20)25/h6,11-13,26-27H,5,7-10H2,1-4H3/b22-14+,23-15+/t11-,12+,13+,20+,21-/m1/s1. The molecule has 0 aromatic carbocycles. The number of ketones is 2. The summed E-state index contributed by atoms with van der Waals surface area (Å²) in [5.74, 6) is 0.651. The first-order valence-corrected chi connectivity index (χ1v) is 9.84. The number of oxime groups is 2. The van der Waals surface area contributed by atoms with Crippen molar-refractivity contribution in [2.45, 2.75) is 59.8 Å². The van der Waals surface area contributed by atoms with Gasteiger partial charge in [-0.25, -0.2) is 0 Å². The van der Waals surface area contributed by atoms with Crippen LogP contribution >= 0.6 is 0 Å². The zero-order valence-electron chi connectivity index (χ0n) is 16.5. The van der Waals surface area contributed by atoms with Crippen LogP contribution in [0.15, 0.2) is 22.0 Å².